The minimum absolute atomic E-state index is 0.0415. The summed E-state index contributed by atoms with van der Waals surface area (Å²) in [7, 11) is 0. The maximum absolute atomic E-state index is 9.33. The fraction of sp³-hybridized carbons (Fsp3) is 0.667. The van der Waals surface area contributed by atoms with Gasteiger partial charge in [0, 0.05) is 129 Å². The Labute approximate surface area is 332 Å². The normalized spacial score (nSPS) is 23.7. The van der Waals surface area contributed by atoms with Gasteiger partial charge in [0.05, 0.1) is 30.4 Å². The lowest BCUT2D eigenvalue weighted by Gasteiger charge is -2.46. The number of aromatic nitrogens is 3. The van der Waals surface area contributed by atoms with Crippen molar-refractivity contribution in [1.82, 2.24) is 35.4 Å². The fourth-order valence-electron chi connectivity index (χ4n) is 8.93. The number of nitrogens with zero attached hydrogens (tertiary/aromatic N) is 7. The zero-order valence-electron chi connectivity index (χ0n) is 35.5. The molecule has 3 saturated heterocycles. The summed E-state index contributed by atoms with van der Waals surface area (Å²) in [5.41, 5.74) is 7.08. The maximum atomic E-state index is 9.33. The Morgan fingerprint density at radius 3 is 1.93 bits per heavy atom. The largest absolute Gasteiger partial charge is 0.395 e. The molecule has 1 unspecified atom stereocenters. The van der Waals surface area contributed by atoms with E-state index in [1.807, 2.05) is 0 Å². The Balaban J connectivity index is 1.06. The summed E-state index contributed by atoms with van der Waals surface area (Å²) in [5, 5.41) is 16.7. The first-order chi connectivity index (χ1) is 26.1. The molecule has 302 valence electrons. The molecule has 3 aromatic rings. The molecule has 0 saturated carbocycles. The van der Waals surface area contributed by atoms with Crippen LogP contribution in [-0.4, -0.2) is 120 Å². The number of β-amino-alcohol motifs (C(OH)–C–C–N with tert-alkyl or cyclic N) is 1. The van der Waals surface area contributed by atoms with Gasteiger partial charge in [-0.15, -0.1) is 0 Å². The first-order valence-corrected chi connectivity index (χ1v) is 21.1. The van der Waals surface area contributed by atoms with Crippen LogP contribution in [0.2, 0.25) is 0 Å². The highest BCUT2D eigenvalue weighted by molar-refractivity contribution is 5.50. The molecule has 0 radical (unpaired) electrons. The molecule has 3 aliphatic heterocycles. The van der Waals surface area contributed by atoms with Crippen LogP contribution >= 0.6 is 0 Å². The third-order valence-corrected chi connectivity index (χ3v) is 12.7. The molecule has 0 aromatic carbocycles. The topological polar surface area (TPSA) is 95.9 Å². The summed E-state index contributed by atoms with van der Waals surface area (Å²) >= 11 is 0. The molecule has 55 heavy (non-hydrogen) atoms. The number of rotatable bonds is 13. The highest BCUT2D eigenvalue weighted by atomic mass is 16.3. The minimum Gasteiger partial charge on any atom is -0.395 e. The van der Waals surface area contributed by atoms with E-state index in [1.54, 1.807) is 0 Å². The first-order valence-electron chi connectivity index (χ1n) is 21.1. The third kappa shape index (κ3) is 10.2. The molecule has 0 bridgehead atoms. The van der Waals surface area contributed by atoms with E-state index in [-0.39, 0.29) is 22.9 Å². The summed E-state index contributed by atoms with van der Waals surface area (Å²) in [4.78, 5) is 25.1. The summed E-state index contributed by atoms with van der Waals surface area (Å²) in [6.45, 7) is 30.5. The van der Waals surface area contributed by atoms with Crippen LogP contribution < -0.4 is 20.4 Å². The number of piperazine rings is 3. The summed E-state index contributed by atoms with van der Waals surface area (Å²) in [6, 6.07) is 15.2. The second kappa shape index (κ2) is 17.6. The van der Waals surface area contributed by atoms with Crippen LogP contribution in [0.1, 0.15) is 104 Å². The van der Waals surface area contributed by atoms with Crippen molar-refractivity contribution in [3.8, 4) is 0 Å². The Kier molecular flexibility index (Phi) is 13.2. The van der Waals surface area contributed by atoms with Gasteiger partial charge in [0.25, 0.3) is 0 Å². The standard InChI is InChI=1S/C45H71N9O/c1-33-25-47-28-39(54(33)37-12-14-40(49-30-37)43(3,4)5)24-38-27-46-18-19-53(38)36-11-15-42(50-29-36)45(8,9)17-16-44(6,7)41-13-10-35(26-48-41)32-52-21-20-51(22-23-55)31-34(52)2/h10-15,26,29-30,33-34,38-39,46-47,55H,16-25,27-28,31-32H2,1-9H3/t33-,34-,38+,39?/m0/s1. The number of nitrogens with one attached hydrogen (secondary N) is 2. The molecule has 0 spiro atoms. The van der Waals surface area contributed by atoms with E-state index in [4.69, 9.17) is 15.0 Å². The average molecular weight is 754 g/mol. The van der Waals surface area contributed by atoms with E-state index in [0.29, 0.717) is 24.2 Å². The number of pyridine rings is 3. The Morgan fingerprint density at radius 2 is 1.33 bits per heavy atom. The summed E-state index contributed by atoms with van der Waals surface area (Å²) in [5.74, 6) is 0. The van der Waals surface area contributed by atoms with E-state index >= 15 is 0 Å². The van der Waals surface area contributed by atoms with Crippen LogP contribution in [0.5, 0.6) is 0 Å². The molecule has 10 nitrogen and oxygen atoms in total. The molecule has 0 amide bonds. The zero-order valence-corrected chi connectivity index (χ0v) is 35.5. The Bertz CT molecular complexity index is 1640. The van der Waals surface area contributed by atoms with Gasteiger partial charge in [-0.3, -0.25) is 24.8 Å². The van der Waals surface area contributed by atoms with Crippen molar-refractivity contribution < 1.29 is 5.11 Å². The second-order valence-corrected chi connectivity index (χ2v) is 19.1. The van der Waals surface area contributed by atoms with Gasteiger partial charge >= 0.3 is 0 Å². The van der Waals surface area contributed by atoms with Crippen LogP contribution in [0.25, 0.3) is 0 Å². The number of anilines is 2. The molecule has 4 atom stereocenters. The first kappa shape index (κ1) is 41.5. The average Bonchev–Trinajstić information content (AvgIpc) is 3.16. The molecule has 6 rings (SSSR count). The van der Waals surface area contributed by atoms with E-state index in [0.717, 1.165) is 102 Å². The van der Waals surface area contributed by atoms with Crippen molar-refractivity contribution in [3.05, 3.63) is 77.6 Å². The number of hydrogen-bond acceptors (Lipinski definition) is 10. The highest BCUT2D eigenvalue weighted by Crippen LogP contribution is 2.36. The minimum atomic E-state index is -0.0616. The van der Waals surface area contributed by atoms with Crippen molar-refractivity contribution in [2.45, 2.75) is 129 Å². The number of aliphatic hydroxyl groups excluding tert-OH is 1. The van der Waals surface area contributed by atoms with Gasteiger partial charge in [-0.25, -0.2) is 0 Å². The monoisotopic (exact) mass is 754 g/mol. The Morgan fingerprint density at radius 1 is 0.691 bits per heavy atom. The molecule has 3 fully saturated rings. The van der Waals surface area contributed by atoms with Gasteiger partial charge in [-0.1, -0.05) is 54.5 Å². The van der Waals surface area contributed by atoms with Gasteiger partial charge in [-0.05, 0) is 69.0 Å². The second-order valence-electron chi connectivity index (χ2n) is 19.1. The lowest BCUT2D eigenvalue weighted by molar-refractivity contribution is 0.0663. The van der Waals surface area contributed by atoms with Crippen molar-refractivity contribution in [2.24, 2.45) is 0 Å². The van der Waals surface area contributed by atoms with E-state index in [2.05, 4.69) is 148 Å². The molecule has 6 heterocycles. The molecule has 3 N–H and O–H groups in total. The van der Waals surface area contributed by atoms with Crippen molar-refractivity contribution in [1.29, 1.82) is 0 Å². The van der Waals surface area contributed by atoms with E-state index in [1.165, 1.54) is 16.9 Å². The van der Waals surface area contributed by atoms with Crippen LogP contribution in [0, 0.1) is 0 Å². The smallest absolute Gasteiger partial charge is 0.0558 e. The van der Waals surface area contributed by atoms with Crippen molar-refractivity contribution in [3.63, 3.8) is 0 Å². The predicted molar refractivity (Wildman–Crippen MR) is 227 cm³/mol. The van der Waals surface area contributed by atoms with Crippen molar-refractivity contribution in [2.75, 3.05) is 75.3 Å². The van der Waals surface area contributed by atoms with Gasteiger partial charge < -0.3 is 25.5 Å². The van der Waals surface area contributed by atoms with Crippen molar-refractivity contribution >= 4 is 11.4 Å². The van der Waals surface area contributed by atoms with Crippen LogP contribution in [-0.2, 0) is 22.8 Å². The molecular formula is C45H71N9O. The SMILES string of the molecule is C[C@H]1CN(CCO)CCN1Cc1ccc(C(C)(C)CCC(C)(C)c2ccc(N3CCNC[C@H]3CC3CNC[C@H](C)N3c3ccc(C(C)(C)C)nc3)cn2)nc1. The summed E-state index contributed by atoms with van der Waals surface area (Å²) in [6.07, 6.45) is 9.42. The lowest BCUT2D eigenvalue weighted by Crippen LogP contribution is -2.60. The van der Waals surface area contributed by atoms with Crippen LogP contribution in [0.4, 0.5) is 11.4 Å². The van der Waals surface area contributed by atoms with Gasteiger partial charge in [0.2, 0.25) is 0 Å². The molecule has 3 aromatic heterocycles. The Hall–Kier alpha value is -3.15. The highest BCUT2D eigenvalue weighted by Gasteiger charge is 2.34. The van der Waals surface area contributed by atoms with E-state index in [9.17, 15) is 5.11 Å². The van der Waals surface area contributed by atoms with Gasteiger partial charge in [-0.2, -0.15) is 0 Å². The third-order valence-electron chi connectivity index (χ3n) is 12.7. The molecule has 10 heteroatoms. The van der Waals surface area contributed by atoms with E-state index < -0.39 is 0 Å². The molecular weight excluding hydrogens is 683 g/mol. The maximum Gasteiger partial charge on any atom is 0.0558 e. The summed E-state index contributed by atoms with van der Waals surface area (Å²) < 4.78 is 0. The van der Waals surface area contributed by atoms with Gasteiger partial charge in [0.1, 0.15) is 0 Å². The lowest BCUT2D eigenvalue weighted by atomic mass is 9.75. The quantitative estimate of drug-likeness (QED) is 0.201. The van der Waals surface area contributed by atoms with Crippen LogP contribution in [0.3, 0.4) is 0 Å². The number of hydrogen-bond donors (Lipinski definition) is 3. The molecule has 0 aliphatic carbocycles. The zero-order chi connectivity index (χ0) is 39.4. The number of aliphatic hydroxyl groups is 1. The fourth-order valence-corrected chi connectivity index (χ4v) is 8.93. The van der Waals surface area contributed by atoms with Crippen LogP contribution in [0.15, 0.2) is 55.0 Å². The predicted octanol–water partition coefficient (Wildman–Crippen LogP) is 5.74. The molecule has 3 aliphatic rings. The van der Waals surface area contributed by atoms with Gasteiger partial charge in [0.15, 0.2) is 0 Å².